The lowest BCUT2D eigenvalue weighted by Crippen LogP contribution is -2.10. The Kier molecular flexibility index (Phi) is 4.37. The predicted molar refractivity (Wildman–Crippen MR) is 76.7 cm³/mol. The van der Waals surface area contributed by atoms with E-state index in [0.29, 0.717) is 0 Å². The molecule has 94 valence electrons. The molecule has 0 bridgehead atoms. The smallest absolute Gasteiger partial charge is 0.0528 e. The van der Waals surface area contributed by atoms with Gasteiger partial charge in [-0.1, -0.05) is 48.5 Å². The molecular formula is C16H19NO. The van der Waals surface area contributed by atoms with Gasteiger partial charge < -0.3 is 10.4 Å². The Morgan fingerprint density at radius 1 is 1.00 bits per heavy atom. The molecule has 0 radical (unpaired) electrons. The van der Waals surface area contributed by atoms with E-state index in [-0.39, 0.29) is 6.10 Å². The third kappa shape index (κ3) is 3.34. The average Bonchev–Trinajstić information content (AvgIpc) is 2.40. The molecule has 1 unspecified atom stereocenters. The molecule has 0 fully saturated rings. The molecule has 2 aromatic carbocycles. The van der Waals surface area contributed by atoms with Gasteiger partial charge in [0.25, 0.3) is 0 Å². The predicted octanol–water partition coefficient (Wildman–Crippen LogP) is 3.54. The van der Waals surface area contributed by atoms with Crippen molar-refractivity contribution in [1.82, 2.24) is 0 Å². The zero-order valence-electron chi connectivity index (χ0n) is 10.6. The van der Waals surface area contributed by atoms with E-state index in [9.17, 15) is 5.11 Å². The number of aliphatic hydroxyl groups excluding tert-OH is 1. The van der Waals surface area contributed by atoms with Gasteiger partial charge in [-0.2, -0.15) is 0 Å². The summed E-state index contributed by atoms with van der Waals surface area (Å²) in [5.74, 6) is 0. The van der Waals surface area contributed by atoms with Crippen molar-refractivity contribution < 1.29 is 5.11 Å². The second kappa shape index (κ2) is 6.22. The Hall–Kier alpha value is -1.80. The van der Waals surface area contributed by atoms with Gasteiger partial charge in [0.15, 0.2) is 0 Å². The van der Waals surface area contributed by atoms with Crippen LogP contribution >= 0.6 is 0 Å². The largest absolute Gasteiger partial charge is 0.393 e. The van der Waals surface area contributed by atoms with Crippen molar-refractivity contribution in [2.24, 2.45) is 0 Å². The van der Waals surface area contributed by atoms with Gasteiger partial charge in [-0.15, -0.1) is 0 Å². The maximum absolute atomic E-state index is 9.28. The molecule has 0 aliphatic carbocycles. The number of benzene rings is 2. The first kappa shape index (κ1) is 12.7. The van der Waals surface area contributed by atoms with E-state index in [2.05, 4.69) is 29.6 Å². The summed E-state index contributed by atoms with van der Waals surface area (Å²) in [6.45, 7) is 2.59. The Morgan fingerprint density at radius 2 is 1.67 bits per heavy atom. The summed E-state index contributed by atoms with van der Waals surface area (Å²) in [7, 11) is 0. The topological polar surface area (TPSA) is 32.3 Å². The fourth-order valence-electron chi connectivity index (χ4n) is 1.92. The first-order chi connectivity index (χ1) is 8.77. The van der Waals surface area contributed by atoms with E-state index in [1.807, 2.05) is 37.3 Å². The third-order valence-corrected chi connectivity index (χ3v) is 2.89. The maximum atomic E-state index is 9.28. The summed E-state index contributed by atoms with van der Waals surface area (Å²) < 4.78 is 0. The highest BCUT2D eigenvalue weighted by molar-refractivity contribution is 5.77. The molecule has 1 atom stereocenters. The van der Waals surface area contributed by atoms with Crippen LogP contribution in [0.2, 0.25) is 0 Å². The molecular weight excluding hydrogens is 222 g/mol. The van der Waals surface area contributed by atoms with Crippen molar-refractivity contribution in [2.75, 3.05) is 11.9 Å². The second-order valence-corrected chi connectivity index (χ2v) is 4.48. The van der Waals surface area contributed by atoms with Gasteiger partial charge in [-0.3, -0.25) is 0 Å². The lowest BCUT2D eigenvalue weighted by Gasteiger charge is -2.12. The molecule has 2 nitrogen and oxygen atoms in total. The van der Waals surface area contributed by atoms with Crippen LogP contribution in [0.4, 0.5) is 5.69 Å². The molecule has 2 N–H and O–H groups in total. The van der Waals surface area contributed by atoms with Crippen molar-refractivity contribution in [3.8, 4) is 11.1 Å². The van der Waals surface area contributed by atoms with Crippen molar-refractivity contribution in [3.05, 3.63) is 54.6 Å². The molecule has 18 heavy (non-hydrogen) atoms. The number of aliphatic hydroxyl groups is 1. The Morgan fingerprint density at radius 3 is 2.39 bits per heavy atom. The SMILES string of the molecule is CC(O)CCNc1ccccc1-c1ccccc1. The lowest BCUT2D eigenvalue weighted by molar-refractivity contribution is 0.189. The molecule has 0 heterocycles. The number of hydrogen-bond donors (Lipinski definition) is 2. The third-order valence-electron chi connectivity index (χ3n) is 2.89. The Bertz CT molecular complexity index is 479. The summed E-state index contributed by atoms with van der Waals surface area (Å²) in [6, 6.07) is 18.6. The van der Waals surface area contributed by atoms with E-state index in [1.54, 1.807) is 0 Å². The van der Waals surface area contributed by atoms with E-state index >= 15 is 0 Å². The van der Waals surface area contributed by atoms with Gasteiger partial charge in [0.2, 0.25) is 0 Å². The van der Waals surface area contributed by atoms with Gasteiger partial charge in [-0.25, -0.2) is 0 Å². The molecule has 0 spiro atoms. The highest BCUT2D eigenvalue weighted by Gasteiger charge is 2.03. The number of hydrogen-bond acceptors (Lipinski definition) is 2. The number of nitrogens with one attached hydrogen (secondary N) is 1. The summed E-state index contributed by atoms with van der Waals surface area (Å²) >= 11 is 0. The summed E-state index contributed by atoms with van der Waals surface area (Å²) in [5, 5.41) is 12.7. The summed E-state index contributed by atoms with van der Waals surface area (Å²) in [5.41, 5.74) is 3.52. The molecule has 0 saturated heterocycles. The standard InChI is InChI=1S/C16H19NO/c1-13(18)11-12-17-16-10-6-5-9-15(16)14-7-3-2-4-8-14/h2-10,13,17-18H,11-12H2,1H3. The van der Waals surface area contributed by atoms with Crippen LogP contribution in [-0.2, 0) is 0 Å². The minimum absolute atomic E-state index is 0.263. The van der Waals surface area contributed by atoms with Crippen LogP contribution in [0.25, 0.3) is 11.1 Å². The Labute approximate surface area is 108 Å². The average molecular weight is 241 g/mol. The van der Waals surface area contributed by atoms with E-state index in [4.69, 9.17) is 0 Å². The molecule has 0 aromatic heterocycles. The van der Waals surface area contributed by atoms with Crippen LogP contribution in [0, 0.1) is 0 Å². The molecule has 2 rings (SSSR count). The fourth-order valence-corrected chi connectivity index (χ4v) is 1.92. The summed E-state index contributed by atoms with van der Waals surface area (Å²) in [4.78, 5) is 0. The van der Waals surface area contributed by atoms with Crippen molar-refractivity contribution in [2.45, 2.75) is 19.4 Å². The molecule has 2 heteroatoms. The molecule has 0 amide bonds. The lowest BCUT2D eigenvalue weighted by atomic mass is 10.0. The van der Waals surface area contributed by atoms with Crippen molar-refractivity contribution in [3.63, 3.8) is 0 Å². The highest BCUT2D eigenvalue weighted by atomic mass is 16.3. The minimum atomic E-state index is -0.263. The van der Waals surface area contributed by atoms with Crippen molar-refractivity contribution in [1.29, 1.82) is 0 Å². The van der Waals surface area contributed by atoms with E-state index < -0.39 is 0 Å². The van der Waals surface area contributed by atoms with Crippen LogP contribution in [0.3, 0.4) is 0 Å². The number of rotatable bonds is 5. The van der Waals surface area contributed by atoms with Gasteiger partial charge in [0.05, 0.1) is 6.10 Å². The van der Waals surface area contributed by atoms with Crippen LogP contribution in [0.5, 0.6) is 0 Å². The zero-order valence-corrected chi connectivity index (χ0v) is 10.6. The monoisotopic (exact) mass is 241 g/mol. The van der Waals surface area contributed by atoms with Crippen molar-refractivity contribution >= 4 is 5.69 Å². The first-order valence-electron chi connectivity index (χ1n) is 6.34. The van der Waals surface area contributed by atoms with Gasteiger partial charge >= 0.3 is 0 Å². The molecule has 0 saturated carbocycles. The normalized spacial score (nSPS) is 12.1. The quantitative estimate of drug-likeness (QED) is 0.839. The first-order valence-corrected chi connectivity index (χ1v) is 6.34. The van der Waals surface area contributed by atoms with Crippen LogP contribution in [0.1, 0.15) is 13.3 Å². The minimum Gasteiger partial charge on any atom is -0.393 e. The number of anilines is 1. The molecule has 0 aliphatic rings. The molecule has 0 aliphatic heterocycles. The van der Waals surface area contributed by atoms with E-state index in [0.717, 1.165) is 18.7 Å². The zero-order chi connectivity index (χ0) is 12.8. The Balaban J connectivity index is 2.16. The second-order valence-electron chi connectivity index (χ2n) is 4.48. The van der Waals surface area contributed by atoms with Crippen LogP contribution in [-0.4, -0.2) is 17.8 Å². The maximum Gasteiger partial charge on any atom is 0.0528 e. The van der Waals surface area contributed by atoms with Gasteiger partial charge in [0.1, 0.15) is 0 Å². The highest BCUT2D eigenvalue weighted by Crippen LogP contribution is 2.27. The molecule has 2 aromatic rings. The number of para-hydroxylation sites is 1. The van der Waals surface area contributed by atoms with E-state index in [1.165, 1.54) is 11.1 Å². The van der Waals surface area contributed by atoms with Gasteiger partial charge in [0, 0.05) is 17.8 Å². The van der Waals surface area contributed by atoms with Crippen LogP contribution in [0.15, 0.2) is 54.6 Å². The fraction of sp³-hybridized carbons (Fsp3) is 0.250. The summed E-state index contributed by atoms with van der Waals surface area (Å²) in [6.07, 6.45) is 0.490. The van der Waals surface area contributed by atoms with Crippen LogP contribution < -0.4 is 5.32 Å². The van der Waals surface area contributed by atoms with Gasteiger partial charge in [-0.05, 0) is 25.0 Å².